The summed E-state index contributed by atoms with van der Waals surface area (Å²) in [5.41, 5.74) is 2.23. The Morgan fingerprint density at radius 3 is 2.76 bits per heavy atom. The van der Waals surface area contributed by atoms with E-state index >= 15 is 0 Å². The van der Waals surface area contributed by atoms with Crippen molar-refractivity contribution in [2.45, 2.75) is 32.4 Å². The lowest BCUT2D eigenvalue weighted by molar-refractivity contribution is 0.449. The van der Waals surface area contributed by atoms with E-state index in [1.807, 2.05) is 18.2 Å². The van der Waals surface area contributed by atoms with Gasteiger partial charge in [0.15, 0.2) is 0 Å². The van der Waals surface area contributed by atoms with Gasteiger partial charge in [-0.25, -0.2) is 4.98 Å². The van der Waals surface area contributed by atoms with Gasteiger partial charge < -0.3 is 9.88 Å². The van der Waals surface area contributed by atoms with E-state index in [1.165, 1.54) is 5.56 Å². The van der Waals surface area contributed by atoms with Crippen molar-refractivity contribution in [3.05, 3.63) is 36.5 Å². The third-order valence-electron chi connectivity index (χ3n) is 3.35. The van der Waals surface area contributed by atoms with Crippen LogP contribution in [0.1, 0.15) is 26.3 Å². The summed E-state index contributed by atoms with van der Waals surface area (Å²) in [4.78, 5) is 4.67. The van der Waals surface area contributed by atoms with Crippen molar-refractivity contribution in [2.24, 2.45) is 0 Å². The highest BCUT2D eigenvalue weighted by Crippen LogP contribution is 2.29. The molecule has 0 amide bonds. The fourth-order valence-corrected chi connectivity index (χ4v) is 2.49. The highest BCUT2D eigenvalue weighted by atomic mass is 15.2. The molecule has 88 valence electrons. The van der Waals surface area contributed by atoms with E-state index in [1.54, 1.807) is 0 Å². The zero-order valence-corrected chi connectivity index (χ0v) is 10.2. The molecule has 1 N–H and O–H groups in total. The average molecular weight is 227 g/mol. The molecule has 0 fully saturated rings. The van der Waals surface area contributed by atoms with E-state index in [4.69, 9.17) is 0 Å². The molecule has 0 bridgehead atoms. The second kappa shape index (κ2) is 3.91. The number of rotatable bonds is 1. The molecule has 1 aliphatic rings. The largest absolute Gasteiger partial charge is 0.353 e. The van der Waals surface area contributed by atoms with Crippen LogP contribution in [0.15, 0.2) is 36.5 Å². The van der Waals surface area contributed by atoms with Crippen LogP contribution in [0.25, 0.3) is 11.3 Å². The lowest BCUT2D eigenvalue weighted by Gasteiger charge is -2.27. The third kappa shape index (κ3) is 1.82. The van der Waals surface area contributed by atoms with Crippen LogP contribution in [0, 0.1) is 0 Å². The fraction of sp³-hybridized carbons (Fsp3) is 0.357. The molecule has 3 rings (SSSR count). The van der Waals surface area contributed by atoms with E-state index in [-0.39, 0.29) is 0 Å². The van der Waals surface area contributed by atoms with E-state index < -0.39 is 0 Å². The molecular formula is C14H17N3. The van der Waals surface area contributed by atoms with Crippen molar-refractivity contribution in [3.8, 4) is 11.3 Å². The standard InChI is InChI=1S/C14H17N3/c1-10-8-11(2)17-9-13(16-14(17)15-10)12-6-4-3-5-7-12/h3-7,9-11H,8H2,1-2H3,(H,15,16). The Bertz CT molecular complexity index is 516. The van der Waals surface area contributed by atoms with Gasteiger partial charge in [-0.3, -0.25) is 0 Å². The number of imidazole rings is 1. The maximum atomic E-state index is 4.67. The third-order valence-corrected chi connectivity index (χ3v) is 3.35. The van der Waals surface area contributed by atoms with Crippen LogP contribution in [0.4, 0.5) is 5.95 Å². The highest BCUT2D eigenvalue weighted by molar-refractivity contribution is 5.61. The molecule has 2 unspecified atom stereocenters. The SMILES string of the molecule is CC1CC(C)n2cc(-c3ccccc3)nc2N1. The number of benzene rings is 1. The monoisotopic (exact) mass is 227 g/mol. The summed E-state index contributed by atoms with van der Waals surface area (Å²) < 4.78 is 2.24. The number of nitrogens with zero attached hydrogens (tertiary/aromatic N) is 2. The second-order valence-electron chi connectivity index (χ2n) is 4.85. The van der Waals surface area contributed by atoms with Gasteiger partial charge in [0.2, 0.25) is 5.95 Å². The maximum absolute atomic E-state index is 4.67. The summed E-state index contributed by atoms with van der Waals surface area (Å²) in [6, 6.07) is 11.3. The molecule has 3 nitrogen and oxygen atoms in total. The van der Waals surface area contributed by atoms with Crippen molar-refractivity contribution in [1.82, 2.24) is 9.55 Å². The molecule has 1 aromatic carbocycles. The molecule has 1 aromatic heterocycles. The van der Waals surface area contributed by atoms with E-state index in [9.17, 15) is 0 Å². The van der Waals surface area contributed by atoms with Crippen LogP contribution < -0.4 is 5.32 Å². The zero-order chi connectivity index (χ0) is 11.8. The first-order chi connectivity index (χ1) is 8.24. The number of hydrogen-bond donors (Lipinski definition) is 1. The van der Waals surface area contributed by atoms with Gasteiger partial charge in [0.25, 0.3) is 0 Å². The van der Waals surface area contributed by atoms with Gasteiger partial charge in [-0.1, -0.05) is 30.3 Å². The van der Waals surface area contributed by atoms with Gasteiger partial charge in [-0.05, 0) is 20.3 Å². The summed E-state index contributed by atoms with van der Waals surface area (Å²) >= 11 is 0. The smallest absolute Gasteiger partial charge is 0.203 e. The average Bonchev–Trinajstić information content (AvgIpc) is 2.74. The van der Waals surface area contributed by atoms with Crippen LogP contribution in [0.2, 0.25) is 0 Å². The van der Waals surface area contributed by atoms with Gasteiger partial charge in [-0.2, -0.15) is 0 Å². The maximum Gasteiger partial charge on any atom is 0.203 e. The van der Waals surface area contributed by atoms with Crippen molar-refractivity contribution in [3.63, 3.8) is 0 Å². The minimum absolute atomic E-state index is 0.503. The Hall–Kier alpha value is -1.77. The molecule has 1 aliphatic heterocycles. The Kier molecular flexibility index (Phi) is 2.39. The van der Waals surface area contributed by atoms with Gasteiger partial charge in [0.1, 0.15) is 0 Å². The molecule has 2 aromatic rings. The number of anilines is 1. The van der Waals surface area contributed by atoms with Gasteiger partial charge in [-0.15, -0.1) is 0 Å². The molecule has 0 saturated heterocycles. The van der Waals surface area contributed by atoms with Crippen LogP contribution >= 0.6 is 0 Å². The number of hydrogen-bond acceptors (Lipinski definition) is 2. The van der Waals surface area contributed by atoms with Crippen LogP contribution in [-0.4, -0.2) is 15.6 Å². The topological polar surface area (TPSA) is 29.9 Å². The molecule has 17 heavy (non-hydrogen) atoms. The van der Waals surface area contributed by atoms with E-state index in [0.29, 0.717) is 12.1 Å². The quantitative estimate of drug-likeness (QED) is 0.810. The molecular weight excluding hydrogens is 210 g/mol. The molecule has 3 heteroatoms. The Morgan fingerprint density at radius 2 is 2.00 bits per heavy atom. The van der Waals surface area contributed by atoms with Crippen molar-refractivity contribution in [1.29, 1.82) is 0 Å². The van der Waals surface area contributed by atoms with Crippen LogP contribution in [-0.2, 0) is 0 Å². The molecule has 0 radical (unpaired) electrons. The van der Waals surface area contributed by atoms with Crippen molar-refractivity contribution >= 4 is 5.95 Å². The highest BCUT2D eigenvalue weighted by Gasteiger charge is 2.22. The first kappa shape index (κ1) is 10.4. The molecule has 0 saturated carbocycles. The Morgan fingerprint density at radius 1 is 1.24 bits per heavy atom. The molecule has 0 aliphatic carbocycles. The predicted octanol–water partition coefficient (Wildman–Crippen LogP) is 3.32. The van der Waals surface area contributed by atoms with E-state index in [2.05, 4.69) is 47.0 Å². The van der Waals surface area contributed by atoms with Gasteiger partial charge in [0, 0.05) is 23.8 Å². The summed E-state index contributed by atoms with van der Waals surface area (Å²) in [5.74, 6) is 0.995. The predicted molar refractivity (Wildman–Crippen MR) is 70.1 cm³/mol. The van der Waals surface area contributed by atoms with Crippen LogP contribution in [0.3, 0.4) is 0 Å². The first-order valence-corrected chi connectivity index (χ1v) is 6.15. The fourth-order valence-electron chi connectivity index (χ4n) is 2.49. The summed E-state index contributed by atoms with van der Waals surface area (Å²) in [7, 11) is 0. The minimum Gasteiger partial charge on any atom is -0.353 e. The normalized spacial score (nSPS) is 22.9. The lowest BCUT2D eigenvalue weighted by atomic mass is 10.1. The summed E-state index contributed by atoms with van der Waals surface area (Å²) in [6.45, 7) is 4.45. The summed E-state index contributed by atoms with van der Waals surface area (Å²) in [6.07, 6.45) is 3.30. The minimum atomic E-state index is 0.503. The number of nitrogens with one attached hydrogen (secondary N) is 1. The lowest BCUT2D eigenvalue weighted by Crippen LogP contribution is -2.28. The first-order valence-electron chi connectivity index (χ1n) is 6.15. The van der Waals surface area contributed by atoms with Crippen molar-refractivity contribution < 1.29 is 0 Å². The zero-order valence-electron chi connectivity index (χ0n) is 10.2. The molecule has 0 spiro atoms. The molecule has 2 heterocycles. The number of aromatic nitrogens is 2. The molecule has 2 atom stereocenters. The van der Waals surface area contributed by atoms with Crippen LogP contribution in [0.5, 0.6) is 0 Å². The Balaban J connectivity index is 2.03. The van der Waals surface area contributed by atoms with Crippen molar-refractivity contribution in [2.75, 3.05) is 5.32 Å². The van der Waals surface area contributed by atoms with Gasteiger partial charge >= 0.3 is 0 Å². The van der Waals surface area contributed by atoms with E-state index in [0.717, 1.165) is 18.1 Å². The summed E-state index contributed by atoms with van der Waals surface area (Å²) in [5, 5.41) is 3.43. The van der Waals surface area contributed by atoms with Gasteiger partial charge in [0.05, 0.1) is 5.69 Å². The Labute approximate surface area is 101 Å². The second-order valence-corrected chi connectivity index (χ2v) is 4.85. The number of fused-ring (bicyclic) bond motifs is 1.